The predicted molar refractivity (Wildman–Crippen MR) is 75.2 cm³/mol. The highest BCUT2D eigenvalue weighted by Gasteiger charge is 2.47. The highest BCUT2D eigenvalue weighted by atomic mass is 16.2. The Balaban J connectivity index is 1.65. The van der Waals surface area contributed by atoms with Gasteiger partial charge in [-0.1, -0.05) is 0 Å². The Hall–Kier alpha value is -0.810. The Morgan fingerprint density at radius 3 is 2.47 bits per heavy atom. The number of nitrogens with one attached hydrogen (secondary N) is 2. The molecule has 0 bridgehead atoms. The SMILES string of the molecule is CC1(C)C(N2CCNCC2)CCN1C(=O)NC1CC1. The Morgan fingerprint density at radius 2 is 1.84 bits per heavy atom. The van der Waals surface area contributed by atoms with Crippen molar-refractivity contribution in [2.75, 3.05) is 32.7 Å². The number of hydrogen-bond donors (Lipinski definition) is 2. The lowest BCUT2D eigenvalue weighted by atomic mass is 9.94. The van der Waals surface area contributed by atoms with Gasteiger partial charge in [0.2, 0.25) is 0 Å². The molecule has 3 fully saturated rings. The molecule has 5 heteroatoms. The number of carbonyl (C=O) groups excluding carboxylic acids is 1. The minimum atomic E-state index is -0.0592. The molecule has 2 heterocycles. The van der Waals surface area contributed by atoms with Gasteiger partial charge in [-0.15, -0.1) is 0 Å². The van der Waals surface area contributed by atoms with E-state index in [1.165, 1.54) is 0 Å². The van der Waals surface area contributed by atoms with Gasteiger partial charge < -0.3 is 15.5 Å². The third kappa shape index (κ3) is 2.58. The van der Waals surface area contributed by atoms with E-state index in [2.05, 4.69) is 34.3 Å². The second-order valence-electron chi connectivity index (χ2n) is 6.62. The second-order valence-corrected chi connectivity index (χ2v) is 6.62. The maximum absolute atomic E-state index is 12.3. The van der Waals surface area contributed by atoms with Crippen molar-refractivity contribution in [3.8, 4) is 0 Å². The van der Waals surface area contributed by atoms with Crippen LogP contribution in [0.3, 0.4) is 0 Å². The van der Waals surface area contributed by atoms with Gasteiger partial charge in [-0.3, -0.25) is 4.90 Å². The third-order valence-corrected chi connectivity index (χ3v) is 4.88. The lowest BCUT2D eigenvalue weighted by molar-refractivity contribution is 0.0861. The van der Waals surface area contributed by atoms with Crippen LogP contribution in [-0.2, 0) is 0 Å². The van der Waals surface area contributed by atoms with Crippen molar-refractivity contribution >= 4 is 6.03 Å². The smallest absolute Gasteiger partial charge is 0.318 e. The lowest BCUT2D eigenvalue weighted by Crippen LogP contribution is -2.59. The van der Waals surface area contributed by atoms with Gasteiger partial charge in [0.25, 0.3) is 0 Å². The van der Waals surface area contributed by atoms with Gasteiger partial charge in [-0.2, -0.15) is 0 Å². The Kier molecular flexibility index (Phi) is 3.43. The minimum absolute atomic E-state index is 0.0592. The molecule has 1 unspecified atom stereocenters. The monoisotopic (exact) mass is 266 g/mol. The van der Waals surface area contributed by atoms with E-state index in [0.717, 1.165) is 52.0 Å². The number of carbonyl (C=O) groups is 1. The fraction of sp³-hybridized carbons (Fsp3) is 0.929. The summed E-state index contributed by atoms with van der Waals surface area (Å²) in [6.07, 6.45) is 3.41. The molecule has 19 heavy (non-hydrogen) atoms. The van der Waals surface area contributed by atoms with Gasteiger partial charge in [0.15, 0.2) is 0 Å². The normalized spacial score (nSPS) is 31.5. The van der Waals surface area contributed by atoms with E-state index in [1.807, 2.05) is 0 Å². The van der Waals surface area contributed by atoms with Gasteiger partial charge in [0.05, 0.1) is 5.54 Å². The molecular weight excluding hydrogens is 240 g/mol. The first-order valence-corrected chi connectivity index (χ1v) is 7.62. The molecule has 2 aliphatic heterocycles. The van der Waals surface area contributed by atoms with E-state index < -0.39 is 0 Å². The number of urea groups is 1. The zero-order valence-corrected chi connectivity index (χ0v) is 12.1. The molecule has 0 radical (unpaired) electrons. The predicted octanol–water partition coefficient (Wildman–Crippen LogP) is 0.617. The van der Waals surface area contributed by atoms with Crippen molar-refractivity contribution in [3.05, 3.63) is 0 Å². The summed E-state index contributed by atoms with van der Waals surface area (Å²) in [5.74, 6) is 0. The first-order chi connectivity index (χ1) is 9.09. The summed E-state index contributed by atoms with van der Waals surface area (Å²) in [7, 11) is 0. The van der Waals surface area contributed by atoms with Crippen molar-refractivity contribution in [1.29, 1.82) is 0 Å². The molecule has 3 rings (SSSR count). The number of rotatable bonds is 2. The molecule has 1 saturated carbocycles. The minimum Gasteiger partial charge on any atom is -0.335 e. The van der Waals surface area contributed by atoms with Crippen molar-refractivity contribution in [2.45, 2.75) is 50.7 Å². The molecule has 2 N–H and O–H groups in total. The first-order valence-electron chi connectivity index (χ1n) is 7.62. The quantitative estimate of drug-likeness (QED) is 0.770. The zero-order valence-electron chi connectivity index (χ0n) is 12.1. The van der Waals surface area contributed by atoms with E-state index >= 15 is 0 Å². The van der Waals surface area contributed by atoms with Crippen molar-refractivity contribution in [1.82, 2.24) is 20.4 Å². The van der Waals surface area contributed by atoms with Crippen molar-refractivity contribution in [2.24, 2.45) is 0 Å². The second kappa shape index (κ2) is 4.94. The van der Waals surface area contributed by atoms with Gasteiger partial charge in [-0.05, 0) is 33.1 Å². The van der Waals surface area contributed by atoms with Crippen LogP contribution in [0.5, 0.6) is 0 Å². The average molecular weight is 266 g/mol. The number of piperazine rings is 1. The van der Waals surface area contributed by atoms with Crippen LogP contribution in [0.25, 0.3) is 0 Å². The van der Waals surface area contributed by atoms with Gasteiger partial charge in [0.1, 0.15) is 0 Å². The standard InChI is InChI=1S/C14H26N4O/c1-14(2)12(17-9-6-15-7-10-17)5-8-18(14)13(19)16-11-3-4-11/h11-12,15H,3-10H2,1-2H3,(H,16,19). The molecule has 0 spiro atoms. The Labute approximate surface area is 115 Å². The Morgan fingerprint density at radius 1 is 1.16 bits per heavy atom. The summed E-state index contributed by atoms with van der Waals surface area (Å²) in [6.45, 7) is 9.68. The topological polar surface area (TPSA) is 47.6 Å². The maximum atomic E-state index is 12.3. The molecule has 1 aliphatic carbocycles. The van der Waals surface area contributed by atoms with Crippen molar-refractivity contribution < 1.29 is 4.79 Å². The lowest BCUT2D eigenvalue weighted by Gasteiger charge is -2.42. The summed E-state index contributed by atoms with van der Waals surface area (Å²) < 4.78 is 0. The van der Waals surface area contributed by atoms with Crippen LogP contribution in [0.1, 0.15) is 33.1 Å². The summed E-state index contributed by atoms with van der Waals surface area (Å²) in [4.78, 5) is 16.9. The summed E-state index contributed by atoms with van der Waals surface area (Å²) in [5, 5.41) is 6.53. The zero-order chi connectivity index (χ0) is 13.5. The molecule has 2 amide bonds. The summed E-state index contributed by atoms with van der Waals surface area (Å²) in [6, 6.07) is 1.09. The van der Waals surface area contributed by atoms with Crippen LogP contribution in [0, 0.1) is 0 Å². The molecule has 0 aromatic carbocycles. The van der Waals surface area contributed by atoms with Gasteiger partial charge in [0, 0.05) is 44.8 Å². The molecular formula is C14H26N4O. The van der Waals surface area contributed by atoms with Gasteiger partial charge >= 0.3 is 6.03 Å². The number of hydrogen-bond acceptors (Lipinski definition) is 3. The molecule has 0 aromatic heterocycles. The highest BCUT2D eigenvalue weighted by molar-refractivity contribution is 5.76. The Bertz CT molecular complexity index is 347. The molecule has 3 aliphatic rings. The average Bonchev–Trinajstić information content (AvgIpc) is 3.13. The van der Waals surface area contributed by atoms with Crippen LogP contribution in [-0.4, -0.2) is 66.2 Å². The van der Waals surface area contributed by atoms with Crippen LogP contribution in [0.4, 0.5) is 4.79 Å². The van der Waals surface area contributed by atoms with Gasteiger partial charge in [-0.25, -0.2) is 4.79 Å². The number of likely N-dealkylation sites (tertiary alicyclic amines) is 1. The van der Waals surface area contributed by atoms with Crippen LogP contribution in [0.2, 0.25) is 0 Å². The largest absolute Gasteiger partial charge is 0.335 e. The molecule has 108 valence electrons. The van der Waals surface area contributed by atoms with E-state index in [9.17, 15) is 4.79 Å². The highest BCUT2D eigenvalue weighted by Crippen LogP contribution is 2.33. The first kappa shape index (κ1) is 13.2. The molecule has 5 nitrogen and oxygen atoms in total. The molecule has 1 atom stereocenters. The summed E-state index contributed by atoms with van der Waals surface area (Å²) in [5.41, 5.74) is -0.0592. The van der Waals surface area contributed by atoms with E-state index in [-0.39, 0.29) is 11.6 Å². The number of amides is 2. The van der Waals surface area contributed by atoms with Crippen molar-refractivity contribution in [3.63, 3.8) is 0 Å². The third-order valence-electron chi connectivity index (χ3n) is 4.88. The van der Waals surface area contributed by atoms with E-state index in [4.69, 9.17) is 0 Å². The molecule has 2 saturated heterocycles. The van der Waals surface area contributed by atoms with E-state index in [0.29, 0.717) is 12.1 Å². The number of nitrogens with zero attached hydrogens (tertiary/aromatic N) is 2. The summed E-state index contributed by atoms with van der Waals surface area (Å²) >= 11 is 0. The molecule has 0 aromatic rings. The van der Waals surface area contributed by atoms with E-state index in [1.54, 1.807) is 0 Å². The van der Waals surface area contributed by atoms with Crippen LogP contribution in [0.15, 0.2) is 0 Å². The fourth-order valence-corrected chi connectivity index (χ4v) is 3.54. The van der Waals surface area contributed by atoms with Crippen LogP contribution < -0.4 is 10.6 Å². The maximum Gasteiger partial charge on any atom is 0.318 e. The van der Waals surface area contributed by atoms with Crippen LogP contribution >= 0.6 is 0 Å². The fourth-order valence-electron chi connectivity index (χ4n) is 3.54.